The normalized spacial score (nSPS) is 24.2. The Bertz CT molecular complexity index is 674. The van der Waals surface area contributed by atoms with E-state index in [0.29, 0.717) is 12.1 Å². The van der Waals surface area contributed by atoms with Gasteiger partial charge in [-0.3, -0.25) is 9.88 Å². The maximum Gasteiger partial charge on any atom is 0.132 e. The van der Waals surface area contributed by atoms with Gasteiger partial charge < -0.3 is 4.90 Å². The second kappa shape index (κ2) is 5.32. The van der Waals surface area contributed by atoms with Crippen molar-refractivity contribution in [2.45, 2.75) is 38.9 Å². The molecule has 0 spiro atoms. The first kappa shape index (κ1) is 13.6. The van der Waals surface area contributed by atoms with Gasteiger partial charge in [0.15, 0.2) is 0 Å². The van der Waals surface area contributed by atoms with Crippen LogP contribution < -0.4 is 4.90 Å². The molecule has 2 atom stereocenters. The summed E-state index contributed by atoms with van der Waals surface area (Å²) in [5.74, 6) is 1.07. The van der Waals surface area contributed by atoms with E-state index in [9.17, 15) is 0 Å². The van der Waals surface area contributed by atoms with Crippen molar-refractivity contribution >= 4 is 5.82 Å². The van der Waals surface area contributed by atoms with Gasteiger partial charge >= 0.3 is 0 Å². The van der Waals surface area contributed by atoms with Crippen molar-refractivity contribution in [2.24, 2.45) is 0 Å². The summed E-state index contributed by atoms with van der Waals surface area (Å²) in [5, 5.41) is 0. The molecule has 3 fully saturated rings. The molecule has 0 aromatic carbocycles. The van der Waals surface area contributed by atoms with Gasteiger partial charge in [0, 0.05) is 55.4 Å². The molecular formula is C17H21N5. The zero-order valence-corrected chi connectivity index (χ0v) is 13.1. The van der Waals surface area contributed by atoms with Gasteiger partial charge in [0.25, 0.3) is 0 Å². The highest BCUT2D eigenvalue weighted by molar-refractivity contribution is 5.41. The second-order valence-electron chi connectivity index (χ2n) is 6.39. The molecule has 3 aliphatic rings. The fourth-order valence-electron chi connectivity index (χ4n) is 3.63. The van der Waals surface area contributed by atoms with E-state index < -0.39 is 0 Å². The van der Waals surface area contributed by atoms with Crippen LogP contribution in [0.25, 0.3) is 0 Å². The van der Waals surface area contributed by atoms with Crippen molar-refractivity contribution in [1.82, 2.24) is 19.9 Å². The highest BCUT2D eigenvalue weighted by atomic mass is 15.4. The van der Waals surface area contributed by atoms with Crippen molar-refractivity contribution in [1.29, 1.82) is 0 Å². The number of aromatic nitrogens is 3. The van der Waals surface area contributed by atoms with Gasteiger partial charge in [-0.05, 0) is 31.9 Å². The van der Waals surface area contributed by atoms with Crippen molar-refractivity contribution < 1.29 is 0 Å². The van der Waals surface area contributed by atoms with Crippen molar-refractivity contribution in [3.05, 3.63) is 47.7 Å². The maximum absolute atomic E-state index is 4.43. The van der Waals surface area contributed by atoms with E-state index in [0.717, 1.165) is 36.8 Å². The van der Waals surface area contributed by atoms with Crippen molar-refractivity contribution in [2.75, 3.05) is 18.0 Å². The minimum absolute atomic E-state index is 0.633. The molecule has 0 aliphatic carbocycles. The van der Waals surface area contributed by atoms with E-state index >= 15 is 0 Å². The van der Waals surface area contributed by atoms with Gasteiger partial charge in [0.05, 0.1) is 0 Å². The van der Waals surface area contributed by atoms with E-state index in [4.69, 9.17) is 0 Å². The summed E-state index contributed by atoms with van der Waals surface area (Å²) in [6.45, 7) is 7.26. The summed E-state index contributed by atoms with van der Waals surface area (Å²) >= 11 is 0. The van der Waals surface area contributed by atoms with Crippen molar-refractivity contribution in [3.8, 4) is 0 Å². The van der Waals surface area contributed by atoms with Gasteiger partial charge in [-0.2, -0.15) is 0 Å². The molecule has 3 saturated heterocycles. The topological polar surface area (TPSA) is 45.2 Å². The molecular weight excluding hydrogens is 274 g/mol. The highest BCUT2D eigenvalue weighted by Crippen LogP contribution is 2.35. The average molecular weight is 295 g/mol. The van der Waals surface area contributed by atoms with Crippen LogP contribution >= 0.6 is 0 Å². The quantitative estimate of drug-likeness (QED) is 0.866. The number of piperidine rings is 1. The van der Waals surface area contributed by atoms with Crippen LogP contribution in [-0.2, 0) is 6.54 Å². The van der Waals surface area contributed by atoms with Crippen LogP contribution in [0.2, 0.25) is 0 Å². The van der Waals surface area contributed by atoms with E-state index in [2.05, 4.69) is 43.8 Å². The molecule has 0 saturated carbocycles. The number of piperazine rings is 1. The molecule has 5 rings (SSSR count). The Balaban J connectivity index is 1.46. The molecule has 2 unspecified atom stereocenters. The van der Waals surface area contributed by atoms with E-state index in [-0.39, 0.29) is 0 Å². The zero-order valence-electron chi connectivity index (χ0n) is 13.1. The molecule has 0 radical (unpaired) electrons. The molecule has 2 aromatic rings. The predicted octanol–water partition coefficient (Wildman–Crippen LogP) is 1.95. The largest absolute Gasteiger partial charge is 0.353 e. The van der Waals surface area contributed by atoms with Gasteiger partial charge in [0.2, 0.25) is 0 Å². The Kier molecular flexibility index (Phi) is 3.30. The lowest BCUT2D eigenvalue weighted by Gasteiger charge is -2.56. The first-order valence-corrected chi connectivity index (χ1v) is 7.90. The molecule has 22 heavy (non-hydrogen) atoms. The van der Waals surface area contributed by atoms with E-state index in [1.165, 1.54) is 12.0 Å². The smallest absolute Gasteiger partial charge is 0.132 e. The third kappa shape index (κ3) is 2.35. The number of anilines is 1. The van der Waals surface area contributed by atoms with Crippen LogP contribution in [0.5, 0.6) is 0 Å². The summed E-state index contributed by atoms with van der Waals surface area (Å²) in [6.07, 6.45) is 4.84. The van der Waals surface area contributed by atoms with Gasteiger partial charge in [0.1, 0.15) is 12.1 Å². The summed E-state index contributed by atoms with van der Waals surface area (Å²) in [4.78, 5) is 18.0. The number of hydrogen-bond donors (Lipinski definition) is 0. The first-order chi connectivity index (χ1) is 10.7. The Morgan fingerprint density at radius 2 is 1.95 bits per heavy atom. The molecule has 114 valence electrons. The molecule has 5 heteroatoms. The molecule has 0 amide bonds. The Hall–Kier alpha value is -2.01. The predicted molar refractivity (Wildman–Crippen MR) is 85.7 cm³/mol. The molecule has 5 nitrogen and oxygen atoms in total. The Morgan fingerprint density at radius 3 is 2.68 bits per heavy atom. The van der Waals surface area contributed by atoms with Crippen LogP contribution in [0.3, 0.4) is 0 Å². The SMILES string of the molecule is Cc1cc(N2CC3CC(C2)N3Cc2cccnc2C)ncn1. The van der Waals surface area contributed by atoms with Crippen LogP contribution in [0.1, 0.15) is 23.4 Å². The fraction of sp³-hybridized carbons (Fsp3) is 0.471. The number of pyridine rings is 1. The van der Waals surface area contributed by atoms with Gasteiger partial charge in [-0.15, -0.1) is 0 Å². The summed E-state index contributed by atoms with van der Waals surface area (Å²) in [5.41, 5.74) is 3.53. The second-order valence-corrected chi connectivity index (χ2v) is 6.39. The van der Waals surface area contributed by atoms with Gasteiger partial charge in [-0.1, -0.05) is 6.07 Å². The molecule has 0 N–H and O–H groups in total. The van der Waals surface area contributed by atoms with Crippen LogP contribution in [-0.4, -0.2) is 45.0 Å². The first-order valence-electron chi connectivity index (χ1n) is 7.90. The van der Waals surface area contributed by atoms with E-state index in [1.807, 2.05) is 19.2 Å². The minimum Gasteiger partial charge on any atom is -0.353 e. The number of nitrogens with zero attached hydrogens (tertiary/aromatic N) is 5. The summed E-state index contributed by atoms with van der Waals surface area (Å²) < 4.78 is 0. The lowest BCUT2D eigenvalue weighted by Crippen LogP contribution is -2.68. The fourth-order valence-corrected chi connectivity index (χ4v) is 3.63. The Labute approximate surface area is 131 Å². The molecule has 2 bridgehead atoms. The van der Waals surface area contributed by atoms with Crippen LogP contribution in [0, 0.1) is 13.8 Å². The standard InChI is InChI=1S/C17H21N5/c1-12-6-17(20-11-19-12)21-9-15-7-16(10-21)22(15)8-14-4-3-5-18-13(14)2/h3-6,11,15-16H,7-10H2,1-2H3. The third-order valence-electron chi connectivity index (χ3n) is 4.93. The number of fused-ring (bicyclic) bond motifs is 2. The number of rotatable bonds is 3. The van der Waals surface area contributed by atoms with Crippen LogP contribution in [0.15, 0.2) is 30.7 Å². The van der Waals surface area contributed by atoms with Crippen molar-refractivity contribution in [3.63, 3.8) is 0 Å². The molecule has 2 aromatic heterocycles. The number of hydrogen-bond acceptors (Lipinski definition) is 5. The summed E-state index contributed by atoms with van der Waals surface area (Å²) in [7, 11) is 0. The number of aryl methyl sites for hydroxylation is 2. The highest BCUT2D eigenvalue weighted by Gasteiger charge is 2.44. The summed E-state index contributed by atoms with van der Waals surface area (Å²) in [6, 6.07) is 7.58. The average Bonchev–Trinajstić information content (AvgIpc) is 2.54. The lowest BCUT2D eigenvalue weighted by atomic mass is 9.86. The van der Waals surface area contributed by atoms with Gasteiger partial charge in [-0.25, -0.2) is 9.97 Å². The van der Waals surface area contributed by atoms with Crippen LogP contribution in [0.4, 0.5) is 5.82 Å². The maximum atomic E-state index is 4.43. The monoisotopic (exact) mass is 295 g/mol. The molecule has 3 aliphatic heterocycles. The molecule has 5 heterocycles. The minimum atomic E-state index is 0.633. The Morgan fingerprint density at radius 1 is 1.14 bits per heavy atom. The van der Waals surface area contributed by atoms with E-state index in [1.54, 1.807) is 6.33 Å². The zero-order chi connectivity index (χ0) is 15.1. The third-order valence-corrected chi connectivity index (χ3v) is 4.93. The lowest BCUT2D eigenvalue weighted by molar-refractivity contribution is -0.00891.